The van der Waals surface area contributed by atoms with Crippen molar-refractivity contribution in [3.63, 3.8) is 0 Å². The number of hydrogen-bond acceptors (Lipinski definition) is 2. The van der Waals surface area contributed by atoms with Gasteiger partial charge in [0.05, 0.1) is 11.8 Å². The van der Waals surface area contributed by atoms with Gasteiger partial charge in [-0.2, -0.15) is 0 Å². The van der Waals surface area contributed by atoms with Gasteiger partial charge < -0.3 is 4.90 Å². The molecule has 3 rings (SSSR count). The summed E-state index contributed by atoms with van der Waals surface area (Å²) in [6, 6.07) is 1.47. The molecule has 1 aromatic heterocycles. The van der Waals surface area contributed by atoms with Crippen LogP contribution < -0.4 is 0 Å². The first-order chi connectivity index (χ1) is 9.20. The first-order valence-corrected chi connectivity index (χ1v) is 7.09. The summed E-state index contributed by atoms with van der Waals surface area (Å²) in [7, 11) is 0. The SMILES string of the molecule is O=C(c1ccncc1F)N1CCC2(CCCC2)CC1. The maximum Gasteiger partial charge on any atom is 0.256 e. The highest BCUT2D eigenvalue weighted by atomic mass is 19.1. The van der Waals surface area contributed by atoms with Crippen molar-refractivity contribution in [2.75, 3.05) is 13.1 Å². The predicted octanol–water partition coefficient (Wildman–Crippen LogP) is 3.02. The number of nitrogens with zero attached hydrogens (tertiary/aromatic N) is 2. The zero-order chi connectivity index (χ0) is 13.3. The number of halogens is 1. The monoisotopic (exact) mass is 262 g/mol. The van der Waals surface area contributed by atoms with Crippen molar-refractivity contribution in [2.24, 2.45) is 5.41 Å². The third-order valence-corrected chi connectivity index (χ3v) is 4.78. The number of carbonyl (C=O) groups is 1. The van der Waals surface area contributed by atoms with E-state index in [0.29, 0.717) is 5.41 Å². The Labute approximate surface area is 112 Å². The zero-order valence-corrected chi connectivity index (χ0v) is 11.1. The summed E-state index contributed by atoms with van der Waals surface area (Å²) in [6.07, 6.45) is 9.99. The molecule has 102 valence electrons. The van der Waals surface area contributed by atoms with Gasteiger partial charge >= 0.3 is 0 Å². The standard InChI is InChI=1S/C15H19FN2O/c16-13-11-17-8-3-12(13)14(19)18-9-6-15(7-10-18)4-1-2-5-15/h3,8,11H,1-2,4-7,9-10H2. The second kappa shape index (κ2) is 4.91. The largest absolute Gasteiger partial charge is 0.339 e. The fraction of sp³-hybridized carbons (Fsp3) is 0.600. The van der Waals surface area contributed by atoms with E-state index in [2.05, 4.69) is 4.98 Å². The van der Waals surface area contributed by atoms with Crippen molar-refractivity contribution >= 4 is 5.91 Å². The highest BCUT2D eigenvalue weighted by molar-refractivity contribution is 5.94. The molecule has 4 heteroatoms. The number of carbonyl (C=O) groups excluding carboxylic acids is 1. The number of pyridine rings is 1. The summed E-state index contributed by atoms with van der Waals surface area (Å²) in [5.74, 6) is -0.707. The van der Waals surface area contributed by atoms with Gasteiger partial charge in [0.15, 0.2) is 5.82 Å². The molecule has 1 aromatic rings. The number of amides is 1. The van der Waals surface area contributed by atoms with Crippen LogP contribution in [0.3, 0.4) is 0 Å². The van der Waals surface area contributed by atoms with Crippen molar-refractivity contribution < 1.29 is 9.18 Å². The second-order valence-electron chi connectivity index (χ2n) is 5.85. The molecule has 1 saturated heterocycles. The van der Waals surface area contributed by atoms with Crippen LogP contribution in [-0.4, -0.2) is 28.9 Å². The number of aromatic nitrogens is 1. The topological polar surface area (TPSA) is 33.2 Å². The first kappa shape index (κ1) is 12.6. The highest BCUT2D eigenvalue weighted by Gasteiger charge is 2.38. The number of piperidine rings is 1. The van der Waals surface area contributed by atoms with Crippen LogP contribution in [0.2, 0.25) is 0 Å². The molecule has 1 aliphatic heterocycles. The highest BCUT2D eigenvalue weighted by Crippen LogP contribution is 2.46. The summed E-state index contributed by atoms with van der Waals surface area (Å²) in [5, 5.41) is 0. The molecule has 0 radical (unpaired) electrons. The molecule has 2 fully saturated rings. The van der Waals surface area contributed by atoms with E-state index < -0.39 is 5.82 Å². The van der Waals surface area contributed by atoms with Gasteiger partial charge in [0.2, 0.25) is 0 Å². The van der Waals surface area contributed by atoms with Gasteiger partial charge in [-0.3, -0.25) is 9.78 Å². The van der Waals surface area contributed by atoms with E-state index in [1.165, 1.54) is 37.9 Å². The predicted molar refractivity (Wildman–Crippen MR) is 70.2 cm³/mol. The Hall–Kier alpha value is -1.45. The molecular weight excluding hydrogens is 243 g/mol. The summed E-state index contributed by atoms with van der Waals surface area (Å²) < 4.78 is 13.6. The van der Waals surface area contributed by atoms with Gasteiger partial charge in [-0.15, -0.1) is 0 Å². The molecule has 1 spiro atoms. The first-order valence-electron chi connectivity index (χ1n) is 7.09. The molecule has 0 N–H and O–H groups in total. The summed E-state index contributed by atoms with van der Waals surface area (Å²) in [5.41, 5.74) is 0.630. The van der Waals surface area contributed by atoms with Crippen molar-refractivity contribution in [3.05, 3.63) is 29.8 Å². The van der Waals surface area contributed by atoms with Gasteiger partial charge in [0.1, 0.15) is 0 Å². The van der Waals surface area contributed by atoms with Gasteiger partial charge in [-0.05, 0) is 37.2 Å². The zero-order valence-electron chi connectivity index (χ0n) is 11.1. The lowest BCUT2D eigenvalue weighted by Gasteiger charge is -2.39. The summed E-state index contributed by atoms with van der Waals surface area (Å²) in [6.45, 7) is 1.53. The molecule has 2 heterocycles. The van der Waals surface area contributed by atoms with Gasteiger partial charge in [0.25, 0.3) is 5.91 Å². The maximum atomic E-state index is 13.6. The Morgan fingerprint density at radius 1 is 1.21 bits per heavy atom. The van der Waals surface area contributed by atoms with Crippen LogP contribution in [0.15, 0.2) is 18.5 Å². The second-order valence-corrected chi connectivity index (χ2v) is 5.85. The number of hydrogen-bond donors (Lipinski definition) is 0. The van der Waals surface area contributed by atoms with E-state index >= 15 is 0 Å². The van der Waals surface area contributed by atoms with Crippen LogP contribution in [0.5, 0.6) is 0 Å². The van der Waals surface area contributed by atoms with Crippen molar-refractivity contribution in [1.29, 1.82) is 0 Å². The van der Waals surface area contributed by atoms with Crippen molar-refractivity contribution in [3.8, 4) is 0 Å². The van der Waals surface area contributed by atoms with Gasteiger partial charge in [0, 0.05) is 19.3 Å². The number of likely N-dealkylation sites (tertiary alicyclic amines) is 1. The molecule has 1 saturated carbocycles. The Balaban J connectivity index is 1.68. The van der Waals surface area contributed by atoms with Crippen LogP contribution in [0, 0.1) is 11.2 Å². The Morgan fingerprint density at radius 2 is 1.89 bits per heavy atom. The van der Waals surface area contributed by atoms with E-state index in [-0.39, 0.29) is 11.5 Å². The maximum absolute atomic E-state index is 13.6. The molecule has 3 nitrogen and oxygen atoms in total. The van der Waals surface area contributed by atoms with Crippen molar-refractivity contribution in [1.82, 2.24) is 9.88 Å². The lowest BCUT2D eigenvalue weighted by molar-refractivity contribution is 0.0583. The molecule has 2 aliphatic rings. The van der Waals surface area contributed by atoms with Crippen LogP contribution in [0.4, 0.5) is 4.39 Å². The Morgan fingerprint density at radius 3 is 2.53 bits per heavy atom. The fourth-order valence-corrected chi connectivity index (χ4v) is 3.53. The molecule has 0 unspecified atom stereocenters. The molecule has 0 bridgehead atoms. The van der Waals surface area contributed by atoms with E-state index in [4.69, 9.17) is 0 Å². The third kappa shape index (κ3) is 2.36. The smallest absolute Gasteiger partial charge is 0.256 e. The van der Waals surface area contributed by atoms with E-state index in [9.17, 15) is 9.18 Å². The van der Waals surface area contributed by atoms with Crippen LogP contribution in [0.25, 0.3) is 0 Å². The molecular formula is C15H19FN2O. The fourth-order valence-electron chi connectivity index (χ4n) is 3.53. The van der Waals surface area contributed by atoms with Crippen LogP contribution >= 0.6 is 0 Å². The van der Waals surface area contributed by atoms with Crippen LogP contribution in [-0.2, 0) is 0 Å². The minimum Gasteiger partial charge on any atom is -0.339 e. The van der Waals surface area contributed by atoms with E-state index in [1.807, 2.05) is 0 Å². The van der Waals surface area contributed by atoms with E-state index in [1.54, 1.807) is 4.90 Å². The van der Waals surface area contributed by atoms with Gasteiger partial charge in [-0.1, -0.05) is 12.8 Å². The summed E-state index contributed by atoms with van der Waals surface area (Å²) >= 11 is 0. The van der Waals surface area contributed by atoms with Crippen LogP contribution in [0.1, 0.15) is 48.9 Å². The van der Waals surface area contributed by atoms with E-state index in [0.717, 1.165) is 32.1 Å². The minimum atomic E-state index is -0.520. The number of rotatable bonds is 1. The lowest BCUT2D eigenvalue weighted by atomic mass is 9.77. The average molecular weight is 262 g/mol. The normalized spacial score (nSPS) is 21.8. The molecule has 0 atom stereocenters. The van der Waals surface area contributed by atoms with Crippen molar-refractivity contribution in [2.45, 2.75) is 38.5 Å². The molecule has 19 heavy (non-hydrogen) atoms. The Bertz CT molecular complexity index is 473. The average Bonchev–Trinajstić information content (AvgIpc) is 2.88. The molecule has 0 aromatic carbocycles. The third-order valence-electron chi connectivity index (χ3n) is 4.78. The quantitative estimate of drug-likeness (QED) is 0.779. The Kier molecular flexibility index (Phi) is 3.25. The summed E-state index contributed by atoms with van der Waals surface area (Å²) in [4.78, 5) is 17.8. The lowest BCUT2D eigenvalue weighted by Crippen LogP contribution is -2.42. The van der Waals surface area contributed by atoms with Gasteiger partial charge in [-0.25, -0.2) is 4.39 Å². The minimum absolute atomic E-state index is 0.150. The molecule has 1 aliphatic carbocycles. The molecule has 1 amide bonds.